The molecule has 4 rings (SSSR count). The summed E-state index contributed by atoms with van der Waals surface area (Å²) in [6.07, 6.45) is 3.36. The molecule has 1 aliphatic rings. The van der Waals surface area contributed by atoms with Crippen LogP contribution in [0.3, 0.4) is 0 Å². The Hall–Kier alpha value is -3.08. The van der Waals surface area contributed by atoms with Crippen molar-refractivity contribution in [3.63, 3.8) is 0 Å². The molecule has 10 heteroatoms. The predicted molar refractivity (Wildman–Crippen MR) is 121 cm³/mol. The van der Waals surface area contributed by atoms with E-state index in [2.05, 4.69) is 31.7 Å². The Labute approximate surface area is 180 Å². The molecule has 31 heavy (non-hydrogen) atoms. The van der Waals surface area contributed by atoms with Crippen LogP contribution in [-0.2, 0) is 9.30 Å². The highest BCUT2D eigenvalue weighted by Gasteiger charge is 2.20. The number of anilines is 3. The molecule has 3 aromatic rings. The van der Waals surface area contributed by atoms with Gasteiger partial charge in [-0.1, -0.05) is 0 Å². The summed E-state index contributed by atoms with van der Waals surface area (Å²) in [4.78, 5) is 12.3. The van der Waals surface area contributed by atoms with Gasteiger partial charge in [-0.25, -0.2) is 0 Å². The number of H-pyrrole nitrogens is 1. The first-order chi connectivity index (χ1) is 14.9. The van der Waals surface area contributed by atoms with Gasteiger partial charge in [-0.15, -0.1) is 0 Å². The monoisotopic (exact) mass is 440 g/mol. The number of fused-ring (bicyclic) bond motifs is 1. The molecule has 0 spiro atoms. The summed E-state index contributed by atoms with van der Waals surface area (Å²) in [5.41, 5.74) is 1.70. The number of rotatable bonds is 6. The second kappa shape index (κ2) is 8.58. The largest absolute Gasteiger partial charge is 0.495 e. The van der Waals surface area contributed by atoms with Crippen LogP contribution >= 0.6 is 7.14 Å². The molecular formula is C21H25N6O3P. The molecule has 0 bridgehead atoms. The maximum absolute atomic E-state index is 12.4. The van der Waals surface area contributed by atoms with Crippen molar-refractivity contribution < 1.29 is 14.0 Å². The van der Waals surface area contributed by atoms with Crippen LogP contribution < -0.4 is 20.7 Å². The summed E-state index contributed by atoms with van der Waals surface area (Å²) in [5.74, 6) is 1.50. The minimum absolute atomic E-state index is 0.207. The van der Waals surface area contributed by atoms with Crippen LogP contribution in [0.1, 0.15) is 18.4 Å². The van der Waals surface area contributed by atoms with Crippen LogP contribution in [0.2, 0.25) is 0 Å². The number of nitrogens with one attached hydrogen (secondary N) is 3. The van der Waals surface area contributed by atoms with E-state index < -0.39 is 7.14 Å². The van der Waals surface area contributed by atoms with Crippen molar-refractivity contribution in [2.24, 2.45) is 0 Å². The van der Waals surface area contributed by atoms with Crippen molar-refractivity contribution in [3.8, 4) is 11.8 Å². The van der Waals surface area contributed by atoms with Gasteiger partial charge in [0, 0.05) is 30.8 Å². The molecule has 1 aliphatic heterocycles. The first-order valence-electron chi connectivity index (χ1n) is 10.0. The predicted octanol–water partition coefficient (Wildman–Crippen LogP) is 3.42. The molecule has 0 radical (unpaired) electrons. The fraction of sp³-hybridized carbons (Fsp3) is 0.381. The van der Waals surface area contributed by atoms with Crippen LogP contribution in [0.4, 0.5) is 17.5 Å². The van der Waals surface area contributed by atoms with E-state index in [9.17, 15) is 9.83 Å². The molecule has 0 atom stereocenters. The summed E-state index contributed by atoms with van der Waals surface area (Å²) < 4.78 is 23.4. The number of nitriles is 1. The average Bonchev–Trinajstić information content (AvgIpc) is 3.17. The standard InChI is InChI=1S/C21H25N6O3P/c1-29-17-10-15(31(2,3)28)4-5-16(17)25-21-26-19-18(13(11-22)12-23-19)20(27-21)24-14-6-8-30-9-7-14/h4-5,10,12,14H,6-9H2,1-3H3,(H3,23,24,25,26,27). The first-order valence-corrected chi connectivity index (χ1v) is 12.6. The second-order valence-corrected chi connectivity index (χ2v) is 11.0. The van der Waals surface area contributed by atoms with E-state index >= 15 is 0 Å². The Morgan fingerprint density at radius 3 is 2.74 bits per heavy atom. The molecule has 1 saturated heterocycles. The van der Waals surface area contributed by atoms with Crippen molar-refractivity contribution in [2.75, 3.05) is 44.3 Å². The summed E-state index contributed by atoms with van der Waals surface area (Å²) >= 11 is 0. The lowest BCUT2D eigenvalue weighted by Crippen LogP contribution is -2.28. The van der Waals surface area contributed by atoms with Crippen molar-refractivity contribution in [3.05, 3.63) is 30.0 Å². The highest BCUT2D eigenvalue weighted by atomic mass is 31.2. The molecule has 2 aromatic heterocycles. The summed E-state index contributed by atoms with van der Waals surface area (Å²) in [6, 6.07) is 7.79. The highest BCUT2D eigenvalue weighted by molar-refractivity contribution is 7.70. The van der Waals surface area contributed by atoms with Crippen molar-refractivity contribution in [1.82, 2.24) is 15.0 Å². The molecule has 3 heterocycles. The lowest BCUT2D eigenvalue weighted by atomic mass is 10.1. The third kappa shape index (κ3) is 4.50. The summed E-state index contributed by atoms with van der Waals surface area (Å²) in [5, 5.41) is 17.5. The van der Waals surface area contributed by atoms with Gasteiger partial charge >= 0.3 is 0 Å². The molecule has 0 aliphatic carbocycles. The minimum atomic E-state index is -2.42. The molecule has 0 unspecified atom stereocenters. The molecule has 1 aromatic carbocycles. The average molecular weight is 440 g/mol. The van der Waals surface area contributed by atoms with E-state index in [1.807, 2.05) is 12.1 Å². The summed E-state index contributed by atoms with van der Waals surface area (Å²) in [6.45, 7) is 4.82. The summed E-state index contributed by atoms with van der Waals surface area (Å²) in [7, 11) is -0.855. The zero-order valence-corrected chi connectivity index (χ0v) is 18.6. The number of hydrogen-bond donors (Lipinski definition) is 3. The Bertz CT molecular complexity index is 1190. The van der Waals surface area contributed by atoms with Gasteiger partial charge in [0.05, 0.1) is 23.7 Å². The van der Waals surface area contributed by atoms with Crippen LogP contribution in [-0.4, -0.2) is 54.6 Å². The fourth-order valence-electron chi connectivity index (χ4n) is 3.56. The van der Waals surface area contributed by atoms with E-state index in [1.165, 1.54) is 0 Å². The van der Waals surface area contributed by atoms with Crippen molar-refractivity contribution >= 4 is 40.9 Å². The maximum Gasteiger partial charge on any atom is 0.231 e. The Kier molecular flexibility index (Phi) is 5.86. The lowest BCUT2D eigenvalue weighted by Gasteiger charge is -2.24. The number of aromatic amines is 1. The molecule has 9 nitrogen and oxygen atoms in total. The van der Waals surface area contributed by atoms with E-state index in [0.717, 1.165) is 18.1 Å². The number of benzene rings is 1. The van der Waals surface area contributed by atoms with E-state index in [1.54, 1.807) is 32.7 Å². The fourth-order valence-corrected chi connectivity index (χ4v) is 4.42. The van der Waals surface area contributed by atoms with Crippen LogP contribution in [0.5, 0.6) is 5.75 Å². The van der Waals surface area contributed by atoms with Gasteiger partial charge in [-0.3, -0.25) is 0 Å². The lowest BCUT2D eigenvalue weighted by molar-refractivity contribution is 0.0904. The van der Waals surface area contributed by atoms with Crippen molar-refractivity contribution in [1.29, 1.82) is 5.26 Å². The molecule has 3 N–H and O–H groups in total. The molecule has 0 amide bonds. The van der Waals surface area contributed by atoms with Gasteiger partial charge in [0.15, 0.2) is 0 Å². The molecule has 162 valence electrons. The van der Waals surface area contributed by atoms with E-state index in [4.69, 9.17) is 9.47 Å². The number of ether oxygens (including phenoxy) is 2. The molecule has 0 saturated carbocycles. The quantitative estimate of drug-likeness (QED) is 0.498. The molecular weight excluding hydrogens is 415 g/mol. The normalized spacial score (nSPS) is 14.9. The number of aromatic nitrogens is 3. The third-order valence-electron chi connectivity index (χ3n) is 5.27. The Balaban J connectivity index is 1.71. The zero-order chi connectivity index (χ0) is 22.0. The Morgan fingerprint density at radius 2 is 2.06 bits per heavy atom. The second-order valence-electron chi connectivity index (χ2n) is 7.83. The van der Waals surface area contributed by atoms with Gasteiger partial charge in [0.2, 0.25) is 5.95 Å². The molecule has 1 fully saturated rings. The SMILES string of the molecule is COc1cc(P(C)(C)=O)ccc1Nc1nc(NC2CCOCC2)c2c(C#N)c[nH]c2n1. The van der Waals surface area contributed by atoms with Gasteiger partial charge in [-0.2, -0.15) is 15.2 Å². The zero-order valence-electron chi connectivity index (χ0n) is 17.7. The third-order valence-corrected chi connectivity index (χ3v) is 6.79. The highest BCUT2D eigenvalue weighted by Crippen LogP contribution is 2.38. The smallest absolute Gasteiger partial charge is 0.231 e. The van der Waals surface area contributed by atoms with E-state index in [0.29, 0.717) is 53.0 Å². The van der Waals surface area contributed by atoms with E-state index in [-0.39, 0.29) is 6.04 Å². The van der Waals surface area contributed by atoms with Crippen LogP contribution in [0, 0.1) is 11.3 Å². The number of hydrogen-bond acceptors (Lipinski definition) is 8. The van der Waals surface area contributed by atoms with Crippen LogP contribution in [0.15, 0.2) is 24.4 Å². The first kappa shape index (κ1) is 21.2. The van der Waals surface area contributed by atoms with Crippen LogP contribution in [0.25, 0.3) is 11.0 Å². The number of nitrogens with zero attached hydrogens (tertiary/aromatic N) is 3. The van der Waals surface area contributed by atoms with Gasteiger partial charge in [0.1, 0.15) is 30.4 Å². The van der Waals surface area contributed by atoms with Gasteiger partial charge in [-0.05, 0) is 44.4 Å². The van der Waals surface area contributed by atoms with Gasteiger partial charge < -0.3 is 29.7 Å². The maximum atomic E-state index is 12.4. The van der Waals surface area contributed by atoms with Gasteiger partial charge in [0.25, 0.3) is 0 Å². The topological polar surface area (TPSA) is 125 Å². The Morgan fingerprint density at radius 1 is 1.29 bits per heavy atom. The van der Waals surface area contributed by atoms with Crippen molar-refractivity contribution in [2.45, 2.75) is 18.9 Å². The minimum Gasteiger partial charge on any atom is -0.495 e. The number of methoxy groups -OCH3 is 1.